The maximum absolute atomic E-state index is 5.59. The first-order valence-corrected chi connectivity index (χ1v) is 8.18. The molecule has 0 amide bonds. The molecule has 2 N–H and O–H groups in total. The Bertz CT molecular complexity index is 267. The highest BCUT2D eigenvalue weighted by molar-refractivity contribution is 14.0. The van der Waals surface area contributed by atoms with Crippen LogP contribution in [0.25, 0.3) is 0 Å². The fourth-order valence-corrected chi connectivity index (χ4v) is 3.54. The number of guanidine groups is 1. The van der Waals surface area contributed by atoms with Crippen LogP contribution in [0.2, 0.25) is 0 Å². The van der Waals surface area contributed by atoms with Crippen LogP contribution in [0.4, 0.5) is 0 Å². The van der Waals surface area contributed by atoms with Crippen LogP contribution < -0.4 is 10.6 Å². The predicted molar refractivity (Wildman–Crippen MR) is 93.9 cm³/mol. The summed E-state index contributed by atoms with van der Waals surface area (Å²) < 4.78 is 5.59. The minimum atomic E-state index is 0. The zero-order valence-electron chi connectivity index (χ0n) is 11.7. The third kappa shape index (κ3) is 6.53. The van der Waals surface area contributed by atoms with Crippen LogP contribution in [0.5, 0.6) is 0 Å². The molecular weight excluding hydrogens is 373 g/mol. The normalized spacial score (nSPS) is 27.1. The fourth-order valence-electron chi connectivity index (χ4n) is 2.34. The van der Waals surface area contributed by atoms with E-state index in [1.54, 1.807) is 0 Å². The Morgan fingerprint density at radius 3 is 2.84 bits per heavy atom. The van der Waals surface area contributed by atoms with Gasteiger partial charge in [0.15, 0.2) is 5.96 Å². The van der Waals surface area contributed by atoms with Gasteiger partial charge in [0.25, 0.3) is 0 Å². The van der Waals surface area contributed by atoms with Gasteiger partial charge in [0.2, 0.25) is 0 Å². The Hall–Kier alpha value is 0.310. The number of hydrogen-bond donors (Lipinski definition) is 2. The zero-order valence-corrected chi connectivity index (χ0v) is 14.8. The number of ether oxygens (including phenoxy) is 1. The summed E-state index contributed by atoms with van der Waals surface area (Å²) in [4.78, 5) is 4.62. The van der Waals surface area contributed by atoms with Crippen molar-refractivity contribution in [1.29, 1.82) is 0 Å². The van der Waals surface area contributed by atoms with Gasteiger partial charge in [0, 0.05) is 24.9 Å². The number of nitrogens with one attached hydrogen (secondary N) is 2. The Labute approximate surface area is 137 Å². The minimum absolute atomic E-state index is 0. The SMILES string of the molecule is CCNC(=NCC1CCCO1)NCC1CCCS1.I. The molecule has 0 saturated carbocycles. The van der Waals surface area contributed by atoms with Crippen molar-refractivity contribution < 1.29 is 4.74 Å². The highest BCUT2D eigenvalue weighted by atomic mass is 127. The van der Waals surface area contributed by atoms with Crippen molar-refractivity contribution in [3.8, 4) is 0 Å². The first-order valence-electron chi connectivity index (χ1n) is 7.14. The predicted octanol–water partition coefficient (Wildman–Crippen LogP) is 2.23. The first-order chi connectivity index (χ1) is 8.88. The number of hydrogen-bond acceptors (Lipinski definition) is 3. The Morgan fingerprint density at radius 2 is 2.21 bits per heavy atom. The third-order valence-corrected chi connectivity index (χ3v) is 4.74. The van der Waals surface area contributed by atoms with E-state index in [0.717, 1.165) is 43.9 Å². The van der Waals surface area contributed by atoms with Crippen molar-refractivity contribution in [2.24, 2.45) is 4.99 Å². The molecule has 19 heavy (non-hydrogen) atoms. The minimum Gasteiger partial charge on any atom is -0.376 e. The summed E-state index contributed by atoms with van der Waals surface area (Å²) in [7, 11) is 0. The van der Waals surface area contributed by atoms with Gasteiger partial charge in [-0.05, 0) is 38.4 Å². The molecule has 2 atom stereocenters. The van der Waals surface area contributed by atoms with E-state index in [-0.39, 0.29) is 24.0 Å². The van der Waals surface area contributed by atoms with Crippen molar-refractivity contribution in [3.05, 3.63) is 0 Å². The highest BCUT2D eigenvalue weighted by Gasteiger charge is 2.17. The second-order valence-corrected chi connectivity index (χ2v) is 6.28. The molecule has 2 aliphatic rings. The van der Waals surface area contributed by atoms with E-state index < -0.39 is 0 Å². The molecule has 0 aromatic carbocycles. The summed E-state index contributed by atoms with van der Waals surface area (Å²) in [6.07, 6.45) is 5.37. The van der Waals surface area contributed by atoms with Crippen molar-refractivity contribution in [2.75, 3.05) is 32.0 Å². The highest BCUT2D eigenvalue weighted by Crippen LogP contribution is 2.25. The first kappa shape index (κ1) is 17.4. The van der Waals surface area contributed by atoms with Gasteiger partial charge in [-0.2, -0.15) is 11.8 Å². The summed E-state index contributed by atoms with van der Waals surface area (Å²) in [5, 5.41) is 7.51. The number of nitrogens with zero attached hydrogens (tertiary/aromatic N) is 1. The van der Waals surface area contributed by atoms with E-state index in [9.17, 15) is 0 Å². The average Bonchev–Trinajstić information content (AvgIpc) is 3.05. The molecule has 2 unspecified atom stereocenters. The van der Waals surface area contributed by atoms with E-state index in [0.29, 0.717) is 6.10 Å². The molecule has 0 aromatic heterocycles. The van der Waals surface area contributed by atoms with Crippen LogP contribution in [-0.4, -0.2) is 49.3 Å². The van der Waals surface area contributed by atoms with Crippen molar-refractivity contribution in [1.82, 2.24) is 10.6 Å². The smallest absolute Gasteiger partial charge is 0.191 e. The van der Waals surface area contributed by atoms with Gasteiger partial charge in [-0.15, -0.1) is 24.0 Å². The summed E-state index contributed by atoms with van der Waals surface area (Å²) in [5.74, 6) is 2.26. The number of thioether (sulfide) groups is 1. The molecule has 2 aliphatic heterocycles. The van der Waals surface area contributed by atoms with Crippen molar-refractivity contribution in [2.45, 2.75) is 44.0 Å². The van der Waals surface area contributed by atoms with Crippen LogP contribution in [0.3, 0.4) is 0 Å². The number of aliphatic imine (C=N–C) groups is 1. The molecule has 0 radical (unpaired) electrons. The van der Waals surface area contributed by atoms with Gasteiger partial charge in [0.1, 0.15) is 0 Å². The molecule has 0 aliphatic carbocycles. The molecule has 6 heteroatoms. The second-order valence-electron chi connectivity index (χ2n) is 4.87. The van der Waals surface area contributed by atoms with Crippen molar-refractivity contribution >= 4 is 41.7 Å². The molecule has 4 nitrogen and oxygen atoms in total. The third-order valence-electron chi connectivity index (χ3n) is 3.34. The van der Waals surface area contributed by atoms with Gasteiger partial charge < -0.3 is 15.4 Å². The summed E-state index contributed by atoms with van der Waals surface area (Å²) in [6.45, 7) is 5.74. The summed E-state index contributed by atoms with van der Waals surface area (Å²) in [6, 6.07) is 0. The van der Waals surface area contributed by atoms with Gasteiger partial charge in [-0.3, -0.25) is 4.99 Å². The van der Waals surface area contributed by atoms with Crippen LogP contribution in [-0.2, 0) is 4.74 Å². The maximum Gasteiger partial charge on any atom is 0.191 e. The Kier molecular flexibility index (Phi) is 9.23. The quantitative estimate of drug-likeness (QED) is 0.423. The number of halogens is 1. The lowest BCUT2D eigenvalue weighted by Gasteiger charge is -2.15. The molecule has 0 bridgehead atoms. The maximum atomic E-state index is 5.59. The van der Waals surface area contributed by atoms with Crippen LogP contribution in [0, 0.1) is 0 Å². The lowest BCUT2D eigenvalue weighted by molar-refractivity contribution is 0.117. The standard InChI is InChI=1S/C13H25N3OS.HI/c1-2-14-13(15-9-11-5-3-7-17-11)16-10-12-6-4-8-18-12;/h11-12H,2-10H2,1H3,(H2,14,15,16);1H. The average molecular weight is 399 g/mol. The lowest BCUT2D eigenvalue weighted by Crippen LogP contribution is -2.40. The topological polar surface area (TPSA) is 45.7 Å². The van der Waals surface area contributed by atoms with E-state index in [2.05, 4.69) is 34.3 Å². The molecule has 2 heterocycles. The van der Waals surface area contributed by atoms with Crippen LogP contribution in [0.15, 0.2) is 4.99 Å². The van der Waals surface area contributed by atoms with Gasteiger partial charge in [0.05, 0.1) is 12.6 Å². The molecule has 112 valence electrons. The Morgan fingerprint density at radius 1 is 1.32 bits per heavy atom. The van der Waals surface area contributed by atoms with E-state index in [4.69, 9.17) is 4.74 Å². The van der Waals surface area contributed by atoms with Gasteiger partial charge in [-0.1, -0.05) is 0 Å². The second kappa shape index (κ2) is 10.1. The molecule has 2 fully saturated rings. The van der Waals surface area contributed by atoms with E-state index in [1.165, 1.54) is 25.0 Å². The van der Waals surface area contributed by atoms with Gasteiger partial charge >= 0.3 is 0 Å². The molecule has 0 spiro atoms. The molecule has 2 saturated heterocycles. The Balaban J connectivity index is 0.00000180. The van der Waals surface area contributed by atoms with Crippen LogP contribution >= 0.6 is 35.7 Å². The molecular formula is C13H26IN3OS. The summed E-state index contributed by atoms with van der Waals surface area (Å²) in [5.41, 5.74) is 0. The monoisotopic (exact) mass is 399 g/mol. The van der Waals surface area contributed by atoms with E-state index in [1.807, 2.05) is 0 Å². The number of rotatable bonds is 5. The van der Waals surface area contributed by atoms with Crippen molar-refractivity contribution in [3.63, 3.8) is 0 Å². The van der Waals surface area contributed by atoms with Crippen LogP contribution in [0.1, 0.15) is 32.6 Å². The lowest BCUT2D eigenvalue weighted by atomic mass is 10.2. The van der Waals surface area contributed by atoms with Gasteiger partial charge in [-0.25, -0.2) is 0 Å². The zero-order chi connectivity index (χ0) is 12.6. The summed E-state index contributed by atoms with van der Waals surface area (Å²) >= 11 is 2.08. The largest absolute Gasteiger partial charge is 0.376 e. The molecule has 2 rings (SSSR count). The molecule has 0 aromatic rings. The van der Waals surface area contributed by atoms with E-state index >= 15 is 0 Å². The fraction of sp³-hybridized carbons (Fsp3) is 0.923.